The highest BCUT2D eigenvalue weighted by Gasteiger charge is 2.35. The number of cyclic esters (lactones) is 1. The number of nitrogens with zero attached hydrogens (tertiary/aromatic N) is 1. The molecule has 0 radical (unpaired) electrons. The van der Waals surface area contributed by atoms with Crippen LogP contribution in [0.25, 0.3) is 0 Å². The van der Waals surface area contributed by atoms with Crippen molar-refractivity contribution in [3.8, 4) is 0 Å². The van der Waals surface area contributed by atoms with Crippen molar-refractivity contribution in [3.05, 3.63) is 47.9 Å². The monoisotopic (exact) mass is 289 g/mol. The van der Waals surface area contributed by atoms with Gasteiger partial charge in [-0.15, -0.1) is 0 Å². The van der Waals surface area contributed by atoms with E-state index in [1.165, 1.54) is 4.90 Å². The molecular weight excluding hydrogens is 266 g/mol. The highest BCUT2D eigenvalue weighted by atomic mass is 16.6. The minimum Gasteiger partial charge on any atom is -0.495 e. The van der Waals surface area contributed by atoms with Crippen molar-refractivity contribution in [2.75, 3.05) is 6.61 Å². The van der Waals surface area contributed by atoms with E-state index in [2.05, 4.69) is 6.92 Å². The molecule has 0 saturated carbocycles. The number of unbranched alkanes of at least 4 members (excludes halogenated alkanes) is 3. The molecule has 4 nitrogen and oxygen atoms in total. The predicted molar refractivity (Wildman–Crippen MR) is 82.0 cm³/mol. The Hall–Kier alpha value is -1.97. The number of ether oxygens (including phenoxy) is 1. The van der Waals surface area contributed by atoms with Gasteiger partial charge in [0.15, 0.2) is 5.88 Å². The van der Waals surface area contributed by atoms with Crippen LogP contribution in [0.3, 0.4) is 0 Å². The van der Waals surface area contributed by atoms with Crippen LogP contribution < -0.4 is 0 Å². The molecule has 0 aliphatic carbocycles. The normalized spacial score (nSPS) is 18.9. The molecule has 0 aromatic heterocycles. The number of hydrogen-bond donors (Lipinski definition) is 1. The molecule has 1 saturated heterocycles. The highest BCUT2D eigenvalue weighted by molar-refractivity contribution is 5.72. The van der Waals surface area contributed by atoms with E-state index in [9.17, 15) is 9.90 Å². The minimum absolute atomic E-state index is 0.0227. The van der Waals surface area contributed by atoms with Gasteiger partial charge in [-0.2, -0.15) is 0 Å². The van der Waals surface area contributed by atoms with Crippen molar-refractivity contribution in [1.29, 1.82) is 0 Å². The molecule has 114 valence electrons. The largest absolute Gasteiger partial charge is 0.495 e. The van der Waals surface area contributed by atoms with Crippen molar-refractivity contribution in [1.82, 2.24) is 4.90 Å². The Morgan fingerprint density at radius 3 is 2.86 bits per heavy atom. The van der Waals surface area contributed by atoms with Gasteiger partial charge in [0, 0.05) is 0 Å². The Kier molecular flexibility index (Phi) is 5.67. The molecule has 1 aromatic carbocycles. The van der Waals surface area contributed by atoms with E-state index in [0.29, 0.717) is 13.0 Å². The molecule has 1 N–H and O–H groups in total. The second kappa shape index (κ2) is 7.72. The van der Waals surface area contributed by atoms with Crippen molar-refractivity contribution < 1.29 is 14.6 Å². The highest BCUT2D eigenvalue weighted by Crippen LogP contribution is 2.21. The maximum Gasteiger partial charge on any atom is 0.417 e. The number of carbonyl (C=O) groups is 1. The lowest BCUT2D eigenvalue weighted by atomic mass is 10.1. The third kappa shape index (κ3) is 4.25. The second-order valence-corrected chi connectivity index (χ2v) is 5.35. The van der Waals surface area contributed by atoms with Crippen LogP contribution in [0.1, 0.15) is 38.2 Å². The number of benzene rings is 1. The maximum atomic E-state index is 11.8. The lowest BCUT2D eigenvalue weighted by Gasteiger charge is -2.20. The van der Waals surface area contributed by atoms with E-state index in [1.54, 1.807) is 6.08 Å². The van der Waals surface area contributed by atoms with Gasteiger partial charge in [0.1, 0.15) is 6.61 Å². The summed E-state index contributed by atoms with van der Waals surface area (Å²) in [6, 6.07) is 9.80. The number of rotatable bonds is 7. The number of aliphatic hydroxyl groups excluding tert-OH is 1. The van der Waals surface area contributed by atoms with Gasteiger partial charge in [0.25, 0.3) is 0 Å². The summed E-state index contributed by atoms with van der Waals surface area (Å²) in [6.45, 7) is 2.46. The van der Waals surface area contributed by atoms with E-state index >= 15 is 0 Å². The first-order chi connectivity index (χ1) is 10.2. The van der Waals surface area contributed by atoms with E-state index in [0.717, 1.165) is 31.2 Å². The van der Waals surface area contributed by atoms with Gasteiger partial charge in [-0.25, -0.2) is 9.69 Å². The average Bonchev–Trinajstić information content (AvgIpc) is 2.85. The van der Waals surface area contributed by atoms with Gasteiger partial charge in [-0.1, -0.05) is 50.1 Å². The Morgan fingerprint density at radius 2 is 2.14 bits per heavy atom. The number of amides is 1. The van der Waals surface area contributed by atoms with E-state index in [1.807, 2.05) is 30.3 Å². The molecule has 0 unspecified atom stereocenters. The van der Waals surface area contributed by atoms with Crippen LogP contribution in [0.15, 0.2) is 42.3 Å². The van der Waals surface area contributed by atoms with Crippen LogP contribution in [-0.4, -0.2) is 28.7 Å². The molecule has 4 heteroatoms. The fraction of sp³-hybridized carbons (Fsp3) is 0.471. The van der Waals surface area contributed by atoms with Gasteiger partial charge in [-0.05, 0) is 30.9 Å². The standard InChI is InChI=1S/C17H23NO3/c1-2-3-4-8-11-16(19)18-15(13-21-17(18)20)12-14-9-6-5-7-10-14/h5-7,9-11,15,19H,2-4,8,12-13H2,1H3/b16-11-/t15-/m0/s1. The van der Waals surface area contributed by atoms with Crippen LogP contribution in [0.2, 0.25) is 0 Å². The van der Waals surface area contributed by atoms with E-state index in [-0.39, 0.29) is 11.9 Å². The molecule has 1 aliphatic heterocycles. The van der Waals surface area contributed by atoms with Crippen LogP contribution in [0, 0.1) is 0 Å². The molecule has 21 heavy (non-hydrogen) atoms. The summed E-state index contributed by atoms with van der Waals surface area (Å²) in [5.74, 6) is 0.0227. The second-order valence-electron chi connectivity index (χ2n) is 5.35. The van der Waals surface area contributed by atoms with Crippen molar-refractivity contribution in [2.45, 2.75) is 45.1 Å². The Labute approximate surface area is 126 Å². The Bertz CT molecular complexity index is 484. The number of carbonyl (C=O) groups excluding carboxylic acids is 1. The first-order valence-electron chi connectivity index (χ1n) is 7.61. The lowest BCUT2D eigenvalue weighted by molar-refractivity contribution is 0.149. The molecule has 0 spiro atoms. The van der Waals surface area contributed by atoms with Crippen LogP contribution in [-0.2, 0) is 11.2 Å². The number of hydrogen-bond acceptors (Lipinski definition) is 3. The van der Waals surface area contributed by atoms with E-state index in [4.69, 9.17) is 4.74 Å². The fourth-order valence-corrected chi connectivity index (χ4v) is 2.50. The summed E-state index contributed by atoms with van der Waals surface area (Å²) in [4.78, 5) is 13.2. The zero-order valence-corrected chi connectivity index (χ0v) is 12.5. The number of aliphatic hydroxyl groups is 1. The Balaban J connectivity index is 1.99. The molecule has 2 rings (SSSR count). The van der Waals surface area contributed by atoms with Crippen molar-refractivity contribution in [2.24, 2.45) is 0 Å². The maximum absolute atomic E-state index is 11.8. The SMILES string of the molecule is CCCCC/C=C(\O)N1C(=O)OC[C@@H]1Cc1ccccc1. The topological polar surface area (TPSA) is 49.8 Å². The average molecular weight is 289 g/mol. The van der Waals surface area contributed by atoms with Gasteiger partial charge >= 0.3 is 6.09 Å². The molecule has 1 amide bonds. The predicted octanol–water partition coefficient (Wildman–Crippen LogP) is 4.03. The zero-order valence-electron chi connectivity index (χ0n) is 12.5. The smallest absolute Gasteiger partial charge is 0.417 e. The Morgan fingerprint density at radius 1 is 1.38 bits per heavy atom. The molecule has 1 aromatic rings. The molecule has 1 heterocycles. The van der Waals surface area contributed by atoms with E-state index < -0.39 is 6.09 Å². The molecule has 0 bridgehead atoms. The quantitative estimate of drug-likeness (QED) is 0.609. The zero-order chi connectivity index (χ0) is 15.1. The first kappa shape index (κ1) is 15.4. The summed E-state index contributed by atoms with van der Waals surface area (Å²) in [5, 5.41) is 10.2. The summed E-state index contributed by atoms with van der Waals surface area (Å²) in [6.07, 6.45) is 6.01. The van der Waals surface area contributed by atoms with Crippen molar-refractivity contribution >= 4 is 6.09 Å². The minimum atomic E-state index is -0.458. The van der Waals surface area contributed by atoms with Gasteiger partial charge in [0.05, 0.1) is 6.04 Å². The van der Waals surface area contributed by atoms with Crippen LogP contribution in [0.5, 0.6) is 0 Å². The third-order valence-corrected chi connectivity index (χ3v) is 3.66. The third-order valence-electron chi connectivity index (χ3n) is 3.66. The number of allylic oxidation sites excluding steroid dienone is 1. The summed E-state index contributed by atoms with van der Waals surface area (Å²) < 4.78 is 5.09. The lowest BCUT2D eigenvalue weighted by Crippen LogP contribution is -2.34. The molecular formula is C17H23NO3. The molecule has 1 aliphatic rings. The molecule has 1 atom stereocenters. The van der Waals surface area contributed by atoms with Gasteiger partial charge in [-0.3, -0.25) is 0 Å². The fourth-order valence-electron chi connectivity index (χ4n) is 2.50. The summed E-state index contributed by atoms with van der Waals surface area (Å²) in [7, 11) is 0. The molecule has 1 fully saturated rings. The summed E-state index contributed by atoms with van der Waals surface area (Å²) >= 11 is 0. The van der Waals surface area contributed by atoms with Crippen LogP contribution in [0.4, 0.5) is 4.79 Å². The first-order valence-corrected chi connectivity index (χ1v) is 7.61. The van der Waals surface area contributed by atoms with Crippen molar-refractivity contribution in [3.63, 3.8) is 0 Å². The van der Waals surface area contributed by atoms with Gasteiger partial charge in [0.2, 0.25) is 0 Å². The summed E-state index contributed by atoms with van der Waals surface area (Å²) in [5.41, 5.74) is 1.13. The van der Waals surface area contributed by atoms with Crippen LogP contribution >= 0.6 is 0 Å². The van der Waals surface area contributed by atoms with Gasteiger partial charge < -0.3 is 9.84 Å².